The Bertz CT molecular complexity index is 312. The summed E-state index contributed by atoms with van der Waals surface area (Å²) in [7, 11) is 1.43. The molecular formula is C10H11FO3. The molecule has 76 valence electrons. The molecule has 0 aromatic heterocycles. The molecule has 0 atom stereocenters. The van der Waals surface area contributed by atoms with Crippen molar-refractivity contribution in [3.63, 3.8) is 0 Å². The van der Waals surface area contributed by atoms with Crippen LogP contribution in [0.15, 0.2) is 24.3 Å². The maximum atomic E-state index is 12.7. The zero-order chi connectivity index (χ0) is 10.4. The van der Waals surface area contributed by atoms with Gasteiger partial charge in [-0.3, -0.25) is 4.79 Å². The van der Waals surface area contributed by atoms with Crippen molar-refractivity contribution in [3.8, 4) is 5.75 Å². The van der Waals surface area contributed by atoms with E-state index in [-0.39, 0.29) is 24.8 Å². The lowest BCUT2D eigenvalue weighted by molar-refractivity contribution is -0.124. The summed E-state index contributed by atoms with van der Waals surface area (Å²) < 4.78 is 22.3. The SMILES string of the molecule is COCC(=O)COc1cccc(F)c1. The normalized spacial score (nSPS) is 9.86. The van der Waals surface area contributed by atoms with Crippen molar-refractivity contribution in [2.75, 3.05) is 20.3 Å². The Balaban J connectivity index is 2.41. The summed E-state index contributed by atoms with van der Waals surface area (Å²) in [6.07, 6.45) is 0. The minimum atomic E-state index is -0.387. The minimum absolute atomic E-state index is 0.00924. The van der Waals surface area contributed by atoms with Crippen LogP contribution in [0.5, 0.6) is 5.75 Å². The highest BCUT2D eigenvalue weighted by atomic mass is 19.1. The highest BCUT2D eigenvalue weighted by Gasteiger charge is 2.02. The summed E-state index contributed by atoms with van der Waals surface area (Å²) in [5, 5.41) is 0. The Morgan fingerprint density at radius 3 is 2.86 bits per heavy atom. The van der Waals surface area contributed by atoms with Gasteiger partial charge in [-0.05, 0) is 12.1 Å². The van der Waals surface area contributed by atoms with Crippen molar-refractivity contribution >= 4 is 5.78 Å². The summed E-state index contributed by atoms with van der Waals surface area (Å²) in [4.78, 5) is 11.0. The lowest BCUT2D eigenvalue weighted by Gasteiger charge is -2.04. The first-order valence-corrected chi connectivity index (χ1v) is 4.11. The molecule has 0 bridgehead atoms. The van der Waals surface area contributed by atoms with Crippen LogP contribution in [0.4, 0.5) is 4.39 Å². The van der Waals surface area contributed by atoms with Gasteiger partial charge in [-0.25, -0.2) is 4.39 Å². The number of ether oxygens (including phenoxy) is 2. The average molecular weight is 198 g/mol. The van der Waals surface area contributed by atoms with E-state index in [1.807, 2.05) is 0 Å². The summed E-state index contributed by atoms with van der Waals surface area (Å²) in [5.74, 6) is -0.229. The Morgan fingerprint density at radius 1 is 1.43 bits per heavy atom. The van der Waals surface area contributed by atoms with Gasteiger partial charge in [0.1, 0.15) is 24.8 Å². The minimum Gasteiger partial charge on any atom is -0.486 e. The Morgan fingerprint density at radius 2 is 2.21 bits per heavy atom. The van der Waals surface area contributed by atoms with Crippen LogP contribution in [0, 0.1) is 5.82 Å². The van der Waals surface area contributed by atoms with Crippen LogP contribution < -0.4 is 4.74 Å². The van der Waals surface area contributed by atoms with Crippen molar-refractivity contribution in [1.82, 2.24) is 0 Å². The van der Waals surface area contributed by atoms with E-state index in [1.165, 1.54) is 25.3 Å². The van der Waals surface area contributed by atoms with Gasteiger partial charge in [0.15, 0.2) is 5.78 Å². The largest absolute Gasteiger partial charge is 0.486 e. The number of carbonyl (C=O) groups is 1. The van der Waals surface area contributed by atoms with E-state index in [2.05, 4.69) is 4.74 Å². The van der Waals surface area contributed by atoms with Crippen LogP contribution in [0.3, 0.4) is 0 Å². The van der Waals surface area contributed by atoms with Crippen LogP contribution in [0.1, 0.15) is 0 Å². The highest BCUT2D eigenvalue weighted by molar-refractivity contribution is 5.81. The number of hydrogen-bond donors (Lipinski definition) is 0. The molecule has 0 aliphatic carbocycles. The van der Waals surface area contributed by atoms with Crippen LogP contribution in [-0.4, -0.2) is 26.1 Å². The molecule has 0 N–H and O–H groups in total. The van der Waals surface area contributed by atoms with Crippen LogP contribution in [0.2, 0.25) is 0 Å². The molecule has 0 radical (unpaired) electrons. The fraction of sp³-hybridized carbons (Fsp3) is 0.300. The first-order valence-electron chi connectivity index (χ1n) is 4.11. The van der Waals surface area contributed by atoms with Crippen molar-refractivity contribution in [1.29, 1.82) is 0 Å². The van der Waals surface area contributed by atoms with Gasteiger partial charge in [-0.1, -0.05) is 6.07 Å². The van der Waals surface area contributed by atoms with Gasteiger partial charge < -0.3 is 9.47 Å². The number of methoxy groups -OCH3 is 1. The van der Waals surface area contributed by atoms with Gasteiger partial charge in [0.25, 0.3) is 0 Å². The quantitative estimate of drug-likeness (QED) is 0.717. The number of carbonyl (C=O) groups excluding carboxylic acids is 1. The van der Waals surface area contributed by atoms with Crippen molar-refractivity contribution in [2.45, 2.75) is 0 Å². The van der Waals surface area contributed by atoms with Gasteiger partial charge in [0.05, 0.1) is 0 Å². The molecule has 0 fully saturated rings. The third-order valence-corrected chi connectivity index (χ3v) is 1.50. The van der Waals surface area contributed by atoms with E-state index >= 15 is 0 Å². The molecule has 0 saturated carbocycles. The third-order valence-electron chi connectivity index (χ3n) is 1.50. The van der Waals surface area contributed by atoms with Gasteiger partial charge in [-0.2, -0.15) is 0 Å². The number of halogens is 1. The molecule has 0 saturated heterocycles. The average Bonchev–Trinajstić information content (AvgIpc) is 2.15. The Labute approximate surface area is 81.4 Å². The maximum absolute atomic E-state index is 12.7. The van der Waals surface area contributed by atoms with E-state index in [9.17, 15) is 9.18 Å². The van der Waals surface area contributed by atoms with Crippen LogP contribution in [0.25, 0.3) is 0 Å². The van der Waals surface area contributed by atoms with Crippen molar-refractivity contribution in [3.05, 3.63) is 30.1 Å². The summed E-state index contributed by atoms with van der Waals surface area (Å²) >= 11 is 0. The first-order chi connectivity index (χ1) is 6.72. The zero-order valence-corrected chi connectivity index (χ0v) is 7.83. The van der Waals surface area contributed by atoms with E-state index in [0.29, 0.717) is 5.75 Å². The van der Waals surface area contributed by atoms with E-state index in [4.69, 9.17) is 4.74 Å². The monoisotopic (exact) mass is 198 g/mol. The second-order valence-electron chi connectivity index (χ2n) is 2.72. The molecule has 0 aliphatic rings. The number of benzene rings is 1. The molecule has 0 spiro atoms. The van der Waals surface area contributed by atoms with Crippen LogP contribution in [-0.2, 0) is 9.53 Å². The van der Waals surface area contributed by atoms with Gasteiger partial charge >= 0.3 is 0 Å². The number of rotatable bonds is 5. The summed E-state index contributed by atoms with van der Waals surface area (Å²) in [6.45, 7) is -0.0907. The van der Waals surface area contributed by atoms with Crippen molar-refractivity contribution < 1.29 is 18.7 Å². The molecule has 0 heterocycles. The fourth-order valence-corrected chi connectivity index (χ4v) is 0.923. The van der Waals surface area contributed by atoms with Gasteiger partial charge in [0.2, 0.25) is 0 Å². The smallest absolute Gasteiger partial charge is 0.195 e. The number of hydrogen-bond acceptors (Lipinski definition) is 3. The predicted octanol–water partition coefficient (Wildman–Crippen LogP) is 1.42. The number of Topliss-reactive ketones (excluding diaryl/α,β-unsaturated/α-hetero) is 1. The molecule has 0 aliphatic heterocycles. The van der Waals surface area contributed by atoms with E-state index < -0.39 is 0 Å². The van der Waals surface area contributed by atoms with E-state index in [0.717, 1.165) is 0 Å². The molecule has 4 heteroatoms. The topological polar surface area (TPSA) is 35.5 Å². The Kier molecular flexibility index (Phi) is 4.07. The fourth-order valence-electron chi connectivity index (χ4n) is 0.923. The molecular weight excluding hydrogens is 187 g/mol. The van der Waals surface area contributed by atoms with Gasteiger partial charge in [-0.15, -0.1) is 0 Å². The molecule has 1 rings (SSSR count). The Hall–Kier alpha value is -1.42. The lowest BCUT2D eigenvalue weighted by atomic mass is 10.3. The van der Waals surface area contributed by atoms with Crippen LogP contribution >= 0.6 is 0 Å². The second kappa shape index (κ2) is 5.34. The summed E-state index contributed by atoms with van der Waals surface area (Å²) in [5.41, 5.74) is 0. The molecule has 1 aromatic rings. The zero-order valence-electron chi connectivity index (χ0n) is 7.83. The lowest BCUT2D eigenvalue weighted by Crippen LogP contribution is -2.16. The third kappa shape index (κ3) is 3.53. The molecule has 0 unspecified atom stereocenters. The molecule has 14 heavy (non-hydrogen) atoms. The van der Waals surface area contributed by atoms with E-state index in [1.54, 1.807) is 6.07 Å². The molecule has 1 aromatic carbocycles. The summed E-state index contributed by atoms with van der Waals surface area (Å²) in [6, 6.07) is 5.64. The molecule has 0 amide bonds. The standard InChI is InChI=1S/C10H11FO3/c1-13-6-9(12)7-14-10-4-2-3-8(11)5-10/h2-5H,6-7H2,1H3. The van der Waals surface area contributed by atoms with Gasteiger partial charge in [0, 0.05) is 13.2 Å². The van der Waals surface area contributed by atoms with Crippen molar-refractivity contribution in [2.24, 2.45) is 0 Å². The molecule has 3 nitrogen and oxygen atoms in total. The maximum Gasteiger partial charge on any atom is 0.195 e. The second-order valence-corrected chi connectivity index (χ2v) is 2.72. The highest BCUT2D eigenvalue weighted by Crippen LogP contribution is 2.11. The first kappa shape index (κ1) is 10.7. The predicted molar refractivity (Wildman–Crippen MR) is 48.8 cm³/mol. The number of ketones is 1.